The lowest BCUT2D eigenvalue weighted by Crippen LogP contribution is -2.24. The van der Waals surface area contributed by atoms with Crippen LogP contribution < -0.4 is 5.32 Å². The maximum absolute atomic E-state index is 11.7. The van der Waals surface area contributed by atoms with E-state index in [2.05, 4.69) is 15.4 Å². The van der Waals surface area contributed by atoms with Gasteiger partial charge < -0.3 is 5.32 Å². The Hall–Kier alpha value is -1.11. The number of carbonyl (C=O) groups excluding carboxylic acids is 1. The van der Waals surface area contributed by atoms with Crippen LogP contribution in [0.1, 0.15) is 24.2 Å². The molecule has 0 saturated heterocycles. The third kappa shape index (κ3) is 4.19. The van der Waals surface area contributed by atoms with Gasteiger partial charge >= 0.3 is 0 Å². The predicted octanol–water partition coefficient (Wildman–Crippen LogP) is 2.82. The normalized spacial score (nSPS) is 10.8. The summed E-state index contributed by atoms with van der Waals surface area (Å²) in [6.45, 7) is 0.389. The van der Waals surface area contributed by atoms with Crippen LogP contribution in [-0.2, 0) is 24.8 Å². The second kappa shape index (κ2) is 7.06. The Bertz CT molecular complexity index is 596. The first-order valence-electron chi connectivity index (χ1n) is 6.09. The van der Waals surface area contributed by atoms with Crippen LogP contribution >= 0.6 is 34.5 Å². The number of nitrogens with zero attached hydrogens (tertiary/aromatic N) is 3. The molecule has 0 spiro atoms. The standard InChI is InChI=1S/C12H14Cl2N4OS/c1-18-10(16-7-17-18)6-15-11(19)4-2-3-8-5-9(13)20-12(8)14/h5,7H,2-4,6H2,1H3,(H,15,19). The zero-order valence-electron chi connectivity index (χ0n) is 10.9. The van der Waals surface area contributed by atoms with Gasteiger partial charge in [-0.15, -0.1) is 11.3 Å². The lowest BCUT2D eigenvalue weighted by molar-refractivity contribution is -0.121. The second-order valence-electron chi connectivity index (χ2n) is 4.28. The summed E-state index contributed by atoms with van der Waals surface area (Å²) in [5.41, 5.74) is 1.00. The quantitative estimate of drug-likeness (QED) is 0.884. The molecular formula is C12H14Cl2N4OS. The molecule has 0 saturated carbocycles. The van der Waals surface area contributed by atoms with Crippen molar-refractivity contribution in [2.24, 2.45) is 7.05 Å². The van der Waals surface area contributed by atoms with Crippen LogP contribution in [0.25, 0.3) is 0 Å². The minimum atomic E-state index is -0.00884. The van der Waals surface area contributed by atoms with E-state index in [9.17, 15) is 4.79 Å². The first-order valence-corrected chi connectivity index (χ1v) is 7.67. The summed E-state index contributed by atoms with van der Waals surface area (Å²) in [6.07, 6.45) is 3.39. The van der Waals surface area contributed by atoms with E-state index in [1.165, 1.54) is 17.7 Å². The Labute approximate surface area is 130 Å². The number of nitrogens with one attached hydrogen (secondary N) is 1. The Morgan fingerprint density at radius 3 is 2.90 bits per heavy atom. The number of hydrogen-bond acceptors (Lipinski definition) is 4. The van der Waals surface area contributed by atoms with E-state index in [4.69, 9.17) is 23.2 Å². The minimum absolute atomic E-state index is 0.00884. The van der Waals surface area contributed by atoms with Crippen molar-refractivity contribution < 1.29 is 4.79 Å². The highest BCUT2D eigenvalue weighted by molar-refractivity contribution is 7.20. The van der Waals surface area contributed by atoms with E-state index in [0.717, 1.165) is 24.2 Å². The van der Waals surface area contributed by atoms with Crippen molar-refractivity contribution in [2.75, 3.05) is 0 Å². The Balaban J connectivity index is 1.70. The molecule has 1 amide bonds. The zero-order chi connectivity index (χ0) is 14.5. The van der Waals surface area contributed by atoms with Crippen LogP contribution in [0.2, 0.25) is 8.67 Å². The minimum Gasteiger partial charge on any atom is -0.349 e. The first-order chi connectivity index (χ1) is 9.56. The van der Waals surface area contributed by atoms with Crippen molar-refractivity contribution in [1.29, 1.82) is 0 Å². The van der Waals surface area contributed by atoms with Crippen LogP contribution in [-0.4, -0.2) is 20.7 Å². The molecule has 2 aromatic heterocycles. The van der Waals surface area contributed by atoms with Crippen molar-refractivity contribution in [2.45, 2.75) is 25.8 Å². The molecule has 0 aliphatic carbocycles. The molecule has 108 valence electrons. The van der Waals surface area contributed by atoms with Crippen LogP contribution in [0.5, 0.6) is 0 Å². The molecular weight excluding hydrogens is 319 g/mol. The van der Waals surface area contributed by atoms with Crippen LogP contribution in [0.3, 0.4) is 0 Å². The molecule has 0 atom stereocenters. The summed E-state index contributed by atoms with van der Waals surface area (Å²) in [4.78, 5) is 15.7. The van der Waals surface area contributed by atoms with E-state index in [1.54, 1.807) is 11.7 Å². The summed E-state index contributed by atoms with van der Waals surface area (Å²) >= 11 is 13.2. The summed E-state index contributed by atoms with van der Waals surface area (Å²) in [6, 6.07) is 1.85. The summed E-state index contributed by atoms with van der Waals surface area (Å²) < 4.78 is 3.01. The Morgan fingerprint density at radius 2 is 2.30 bits per heavy atom. The third-order valence-electron chi connectivity index (χ3n) is 2.83. The average Bonchev–Trinajstić information content (AvgIpc) is 2.93. The fourth-order valence-corrected chi connectivity index (χ4v) is 3.27. The summed E-state index contributed by atoms with van der Waals surface area (Å²) in [5, 5.41) is 6.75. The molecule has 0 bridgehead atoms. The van der Waals surface area contributed by atoms with Gasteiger partial charge in [0.25, 0.3) is 0 Å². The number of aryl methyl sites for hydroxylation is 2. The molecule has 2 rings (SSSR count). The van der Waals surface area contributed by atoms with Crippen molar-refractivity contribution in [1.82, 2.24) is 20.1 Å². The van der Waals surface area contributed by atoms with Gasteiger partial charge in [-0.1, -0.05) is 23.2 Å². The zero-order valence-corrected chi connectivity index (χ0v) is 13.2. The topological polar surface area (TPSA) is 59.8 Å². The molecule has 8 heteroatoms. The predicted molar refractivity (Wildman–Crippen MR) is 80.1 cm³/mol. The fourth-order valence-electron chi connectivity index (χ4n) is 1.73. The monoisotopic (exact) mass is 332 g/mol. The Morgan fingerprint density at radius 1 is 1.50 bits per heavy atom. The van der Waals surface area contributed by atoms with E-state index in [-0.39, 0.29) is 5.91 Å². The molecule has 2 aromatic rings. The van der Waals surface area contributed by atoms with Gasteiger partial charge in [-0.05, 0) is 24.5 Å². The van der Waals surface area contributed by atoms with Crippen LogP contribution in [0.15, 0.2) is 12.4 Å². The number of halogens is 2. The average molecular weight is 333 g/mol. The number of aromatic nitrogens is 3. The van der Waals surface area contributed by atoms with Crippen molar-refractivity contribution >= 4 is 40.4 Å². The maximum Gasteiger partial charge on any atom is 0.220 e. The first kappa shape index (κ1) is 15.3. The van der Waals surface area contributed by atoms with Gasteiger partial charge in [-0.25, -0.2) is 4.98 Å². The smallest absolute Gasteiger partial charge is 0.220 e. The van der Waals surface area contributed by atoms with Crippen molar-refractivity contribution in [3.05, 3.63) is 32.5 Å². The highest BCUT2D eigenvalue weighted by atomic mass is 35.5. The molecule has 0 aliphatic rings. The molecule has 20 heavy (non-hydrogen) atoms. The number of thiophene rings is 1. The molecule has 0 fully saturated rings. The summed E-state index contributed by atoms with van der Waals surface area (Å²) in [7, 11) is 1.79. The van der Waals surface area contributed by atoms with Gasteiger partial charge in [0, 0.05) is 13.5 Å². The SMILES string of the molecule is Cn1ncnc1CNC(=O)CCCc1cc(Cl)sc1Cl. The molecule has 0 radical (unpaired) electrons. The van der Waals surface area contributed by atoms with Crippen molar-refractivity contribution in [3.63, 3.8) is 0 Å². The van der Waals surface area contributed by atoms with Gasteiger partial charge in [0.15, 0.2) is 0 Å². The lowest BCUT2D eigenvalue weighted by Gasteiger charge is -2.04. The van der Waals surface area contributed by atoms with E-state index < -0.39 is 0 Å². The highest BCUT2D eigenvalue weighted by Gasteiger charge is 2.08. The molecule has 0 unspecified atom stereocenters. The van der Waals surface area contributed by atoms with Gasteiger partial charge in [0.2, 0.25) is 5.91 Å². The van der Waals surface area contributed by atoms with E-state index in [0.29, 0.717) is 21.6 Å². The van der Waals surface area contributed by atoms with Gasteiger partial charge in [0.05, 0.1) is 15.2 Å². The van der Waals surface area contributed by atoms with E-state index in [1.807, 2.05) is 6.07 Å². The number of rotatable bonds is 6. The second-order valence-corrected chi connectivity index (χ2v) is 6.57. The number of carbonyl (C=O) groups is 1. The van der Waals surface area contributed by atoms with E-state index >= 15 is 0 Å². The molecule has 5 nitrogen and oxygen atoms in total. The third-order valence-corrected chi connectivity index (χ3v) is 4.40. The molecule has 0 aliphatic heterocycles. The fraction of sp³-hybridized carbons (Fsp3) is 0.417. The van der Waals surface area contributed by atoms with Gasteiger partial charge in [-0.2, -0.15) is 5.10 Å². The number of amides is 1. The summed E-state index contributed by atoms with van der Waals surface area (Å²) in [5.74, 6) is 0.719. The van der Waals surface area contributed by atoms with Crippen LogP contribution in [0.4, 0.5) is 0 Å². The van der Waals surface area contributed by atoms with Gasteiger partial charge in [-0.3, -0.25) is 9.48 Å². The lowest BCUT2D eigenvalue weighted by atomic mass is 10.1. The Kier molecular flexibility index (Phi) is 5.39. The van der Waals surface area contributed by atoms with Gasteiger partial charge in [0.1, 0.15) is 12.2 Å². The largest absolute Gasteiger partial charge is 0.349 e. The molecule has 2 heterocycles. The van der Waals surface area contributed by atoms with Crippen LogP contribution in [0, 0.1) is 0 Å². The number of hydrogen-bond donors (Lipinski definition) is 1. The van der Waals surface area contributed by atoms with Crippen molar-refractivity contribution in [3.8, 4) is 0 Å². The highest BCUT2D eigenvalue weighted by Crippen LogP contribution is 2.31. The molecule has 1 N–H and O–H groups in total. The maximum atomic E-state index is 11.7. The molecule has 0 aromatic carbocycles.